The average Bonchev–Trinajstić information content (AvgIpc) is 3.13. The highest BCUT2D eigenvalue weighted by molar-refractivity contribution is 14.0. The van der Waals surface area contributed by atoms with Gasteiger partial charge in [-0.1, -0.05) is 48.0 Å². The first-order chi connectivity index (χ1) is 14.2. The Morgan fingerprint density at radius 1 is 1.10 bits per heavy atom. The van der Waals surface area contributed by atoms with Gasteiger partial charge >= 0.3 is 0 Å². The molecule has 5 nitrogen and oxygen atoms in total. The number of nitrogens with one attached hydrogen (secondary N) is 2. The lowest BCUT2D eigenvalue weighted by molar-refractivity contribution is -0.128. The fraction of sp³-hybridized carbons (Fsp3) is 0.391. The second-order valence-corrected chi connectivity index (χ2v) is 7.62. The van der Waals surface area contributed by atoms with E-state index >= 15 is 0 Å². The van der Waals surface area contributed by atoms with Crippen LogP contribution < -0.4 is 10.6 Å². The second kappa shape index (κ2) is 12.8. The number of aliphatic imine (C=N–C) groups is 1. The minimum absolute atomic E-state index is 0. The average molecular weight is 541 g/mol. The number of amides is 1. The molecule has 0 bridgehead atoms. The van der Waals surface area contributed by atoms with Gasteiger partial charge in [0.1, 0.15) is 0 Å². The normalized spacial score (nSPS) is 13.9. The Balaban J connectivity index is 0.00000320. The number of likely N-dealkylation sites (tertiary alicyclic amines) is 1. The van der Waals surface area contributed by atoms with Crippen molar-refractivity contribution in [2.75, 3.05) is 19.6 Å². The fourth-order valence-corrected chi connectivity index (χ4v) is 3.55. The van der Waals surface area contributed by atoms with Crippen molar-refractivity contribution in [2.45, 2.75) is 39.3 Å². The molecule has 0 aliphatic carbocycles. The van der Waals surface area contributed by atoms with E-state index in [4.69, 9.17) is 16.6 Å². The molecule has 0 unspecified atom stereocenters. The highest BCUT2D eigenvalue weighted by atomic mass is 127. The number of hydrogen-bond acceptors (Lipinski definition) is 2. The van der Waals surface area contributed by atoms with Crippen LogP contribution in [0.2, 0.25) is 5.02 Å². The highest BCUT2D eigenvalue weighted by Crippen LogP contribution is 2.18. The van der Waals surface area contributed by atoms with Crippen molar-refractivity contribution in [2.24, 2.45) is 4.99 Å². The number of hydrogen-bond donors (Lipinski definition) is 2. The van der Waals surface area contributed by atoms with Crippen molar-refractivity contribution >= 4 is 47.4 Å². The number of guanidine groups is 1. The summed E-state index contributed by atoms with van der Waals surface area (Å²) in [6.45, 7) is 5.75. The number of halogens is 2. The summed E-state index contributed by atoms with van der Waals surface area (Å²) in [6, 6.07) is 16.2. The molecule has 0 saturated carbocycles. The van der Waals surface area contributed by atoms with Crippen molar-refractivity contribution in [1.29, 1.82) is 0 Å². The van der Waals surface area contributed by atoms with Gasteiger partial charge < -0.3 is 15.5 Å². The van der Waals surface area contributed by atoms with Crippen LogP contribution in [0.1, 0.15) is 36.5 Å². The maximum atomic E-state index is 12.0. The summed E-state index contributed by atoms with van der Waals surface area (Å²) in [4.78, 5) is 18.7. The molecule has 1 saturated heterocycles. The van der Waals surface area contributed by atoms with Crippen molar-refractivity contribution in [3.8, 4) is 0 Å². The van der Waals surface area contributed by atoms with Crippen LogP contribution in [0, 0.1) is 0 Å². The van der Waals surface area contributed by atoms with E-state index in [9.17, 15) is 4.79 Å². The molecule has 1 fully saturated rings. The fourth-order valence-electron chi connectivity index (χ4n) is 3.43. The van der Waals surface area contributed by atoms with Gasteiger partial charge in [0.25, 0.3) is 0 Å². The molecule has 7 heteroatoms. The van der Waals surface area contributed by atoms with Crippen LogP contribution in [-0.4, -0.2) is 36.4 Å². The molecule has 0 spiro atoms. The third kappa shape index (κ3) is 7.47. The van der Waals surface area contributed by atoms with E-state index in [1.807, 2.05) is 41.3 Å². The SMILES string of the molecule is CCNC(=NCc1ccccc1CN1CCCC1=O)NCCc1ccc(Cl)cc1.I. The van der Waals surface area contributed by atoms with Crippen LogP contribution in [0.25, 0.3) is 0 Å². The third-order valence-electron chi connectivity index (χ3n) is 5.02. The van der Waals surface area contributed by atoms with Crippen LogP contribution in [-0.2, 0) is 24.3 Å². The van der Waals surface area contributed by atoms with Gasteiger partial charge in [-0.25, -0.2) is 4.99 Å². The van der Waals surface area contributed by atoms with Gasteiger partial charge in [0.05, 0.1) is 6.54 Å². The summed E-state index contributed by atoms with van der Waals surface area (Å²) in [6.07, 6.45) is 2.53. The molecule has 0 aromatic heterocycles. The van der Waals surface area contributed by atoms with Crippen molar-refractivity contribution in [3.63, 3.8) is 0 Å². The zero-order valence-electron chi connectivity index (χ0n) is 17.4. The van der Waals surface area contributed by atoms with Gasteiger partial charge in [-0.05, 0) is 48.6 Å². The molecular formula is C23H30ClIN4O. The molecule has 3 rings (SSSR count). The minimum Gasteiger partial charge on any atom is -0.357 e. The Morgan fingerprint density at radius 2 is 1.83 bits per heavy atom. The molecule has 2 aromatic rings. The summed E-state index contributed by atoms with van der Waals surface area (Å²) >= 11 is 5.94. The number of carbonyl (C=O) groups is 1. The molecule has 1 aliphatic heterocycles. The van der Waals surface area contributed by atoms with Crippen molar-refractivity contribution < 1.29 is 4.79 Å². The van der Waals surface area contributed by atoms with Crippen LogP contribution >= 0.6 is 35.6 Å². The highest BCUT2D eigenvalue weighted by Gasteiger charge is 2.20. The van der Waals surface area contributed by atoms with Crippen LogP contribution in [0.3, 0.4) is 0 Å². The van der Waals surface area contributed by atoms with Gasteiger partial charge in [-0.3, -0.25) is 4.79 Å². The summed E-state index contributed by atoms with van der Waals surface area (Å²) in [5, 5.41) is 7.45. The largest absolute Gasteiger partial charge is 0.357 e. The molecule has 2 aromatic carbocycles. The summed E-state index contributed by atoms with van der Waals surface area (Å²) in [5.74, 6) is 1.05. The standard InChI is InChI=1S/C23H29ClN4O.HI/c1-2-25-23(26-14-13-18-9-11-21(24)12-10-18)27-16-19-6-3-4-7-20(19)17-28-15-5-8-22(28)29;/h3-4,6-7,9-12H,2,5,8,13-17H2,1H3,(H2,25,26,27);1H. The maximum Gasteiger partial charge on any atom is 0.222 e. The lowest BCUT2D eigenvalue weighted by Crippen LogP contribution is -2.38. The monoisotopic (exact) mass is 540 g/mol. The van der Waals surface area contributed by atoms with E-state index in [2.05, 4.69) is 29.7 Å². The molecule has 1 heterocycles. The third-order valence-corrected chi connectivity index (χ3v) is 5.27. The number of benzene rings is 2. The predicted octanol–water partition coefficient (Wildman–Crippen LogP) is 4.38. The van der Waals surface area contributed by atoms with Gasteiger partial charge in [0, 0.05) is 37.6 Å². The van der Waals surface area contributed by atoms with Gasteiger partial charge in [0.2, 0.25) is 5.91 Å². The first-order valence-electron chi connectivity index (χ1n) is 10.3. The van der Waals surface area contributed by atoms with E-state index in [-0.39, 0.29) is 29.9 Å². The van der Waals surface area contributed by atoms with E-state index in [1.165, 1.54) is 11.1 Å². The number of nitrogens with zero attached hydrogens (tertiary/aromatic N) is 2. The maximum absolute atomic E-state index is 12.0. The van der Waals surface area contributed by atoms with Crippen molar-refractivity contribution in [3.05, 3.63) is 70.2 Å². The molecule has 1 amide bonds. The van der Waals surface area contributed by atoms with Crippen LogP contribution in [0.5, 0.6) is 0 Å². The summed E-state index contributed by atoms with van der Waals surface area (Å²) in [7, 11) is 0. The zero-order valence-corrected chi connectivity index (χ0v) is 20.5. The molecule has 2 N–H and O–H groups in total. The second-order valence-electron chi connectivity index (χ2n) is 7.19. The van der Waals surface area contributed by atoms with Gasteiger partial charge in [-0.2, -0.15) is 0 Å². The Bertz CT molecular complexity index is 841. The molecule has 162 valence electrons. The Hall–Kier alpha value is -1.80. The minimum atomic E-state index is 0. The van der Waals surface area contributed by atoms with Crippen LogP contribution in [0.4, 0.5) is 0 Å². The molecule has 1 aliphatic rings. The van der Waals surface area contributed by atoms with Crippen molar-refractivity contribution in [1.82, 2.24) is 15.5 Å². The summed E-state index contributed by atoms with van der Waals surface area (Å²) in [5.41, 5.74) is 3.56. The van der Waals surface area contributed by atoms with Gasteiger partial charge in [0.15, 0.2) is 5.96 Å². The molecule has 0 radical (unpaired) electrons. The topological polar surface area (TPSA) is 56.7 Å². The quantitative estimate of drug-likeness (QED) is 0.297. The van der Waals surface area contributed by atoms with Crippen LogP contribution in [0.15, 0.2) is 53.5 Å². The zero-order chi connectivity index (χ0) is 20.5. The first kappa shape index (κ1) is 24.5. The molecule has 30 heavy (non-hydrogen) atoms. The van der Waals surface area contributed by atoms with E-state index in [0.29, 0.717) is 19.5 Å². The predicted molar refractivity (Wildman–Crippen MR) is 134 cm³/mol. The van der Waals surface area contributed by atoms with E-state index in [0.717, 1.165) is 49.0 Å². The Labute approximate surface area is 201 Å². The Kier molecular flexibility index (Phi) is 10.4. The smallest absolute Gasteiger partial charge is 0.222 e. The molecule has 0 atom stereocenters. The molecular weight excluding hydrogens is 511 g/mol. The first-order valence-corrected chi connectivity index (χ1v) is 10.6. The van der Waals surface area contributed by atoms with E-state index in [1.54, 1.807) is 0 Å². The lowest BCUT2D eigenvalue weighted by Gasteiger charge is -2.18. The number of carbonyl (C=O) groups excluding carboxylic acids is 1. The lowest BCUT2D eigenvalue weighted by atomic mass is 10.1. The number of rotatable bonds is 8. The summed E-state index contributed by atoms with van der Waals surface area (Å²) < 4.78 is 0. The Morgan fingerprint density at radius 3 is 2.50 bits per heavy atom. The van der Waals surface area contributed by atoms with Gasteiger partial charge in [-0.15, -0.1) is 24.0 Å². The van der Waals surface area contributed by atoms with E-state index < -0.39 is 0 Å².